The van der Waals surface area contributed by atoms with Crippen molar-refractivity contribution in [3.8, 4) is 5.75 Å². The summed E-state index contributed by atoms with van der Waals surface area (Å²) in [4.78, 5) is 0.886. The van der Waals surface area contributed by atoms with E-state index in [2.05, 4.69) is 4.72 Å². The van der Waals surface area contributed by atoms with E-state index in [0.29, 0.717) is 16.2 Å². The standard InChI is InChI=1S/C15H19NO4S2/c1-11-9-12(20-3)6-7-13(11)22(18,19)16-10-15(2,17)14-5-4-8-21-14/h4-9,16-17H,10H2,1-3H3/t15-/m1/s1. The second-order valence-corrected chi connectivity index (χ2v) is 7.89. The fourth-order valence-electron chi connectivity index (χ4n) is 2.04. The summed E-state index contributed by atoms with van der Waals surface area (Å²) in [5.41, 5.74) is -0.663. The number of hydrogen-bond acceptors (Lipinski definition) is 5. The van der Waals surface area contributed by atoms with Gasteiger partial charge in [-0.1, -0.05) is 6.07 Å². The van der Waals surface area contributed by atoms with Gasteiger partial charge in [-0.15, -0.1) is 11.3 Å². The van der Waals surface area contributed by atoms with Crippen molar-refractivity contribution in [3.05, 3.63) is 46.2 Å². The molecule has 120 valence electrons. The summed E-state index contributed by atoms with van der Waals surface area (Å²) in [5.74, 6) is 0.599. The number of thiophene rings is 1. The summed E-state index contributed by atoms with van der Waals surface area (Å²) in [6, 6.07) is 8.34. The Balaban J connectivity index is 2.18. The molecule has 1 aromatic carbocycles. The minimum absolute atomic E-state index is 0.0959. The topological polar surface area (TPSA) is 75.6 Å². The molecular weight excluding hydrogens is 322 g/mol. The summed E-state index contributed by atoms with van der Waals surface area (Å²) < 4.78 is 32.4. The van der Waals surface area contributed by atoms with E-state index in [0.717, 1.165) is 0 Å². The molecule has 1 heterocycles. The van der Waals surface area contributed by atoms with Crippen molar-refractivity contribution in [1.82, 2.24) is 4.72 Å². The van der Waals surface area contributed by atoms with E-state index in [4.69, 9.17) is 4.74 Å². The third kappa shape index (κ3) is 3.67. The molecule has 0 aliphatic carbocycles. The first-order chi connectivity index (χ1) is 10.3. The number of sulfonamides is 1. The highest BCUT2D eigenvalue weighted by molar-refractivity contribution is 7.89. The quantitative estimate of drug-likeness (QED) is 0.845. The van der Waals surface area contributed by atoms with Crippen molar-refractivity contribution < 1.29 is 18.3 Å². The molecule has 0 unspecified atom stereocenters. The molecule has 0 saturated carbocycles. The Morgan fingerprint density at radius 3 is 2.64 bits per heavy atom. The van der Waals surface area contributed by atoms with Crippen molar-refractivity contribution in [2.75, 3.05) is 13.7 Å². The lowest BCUT2D eigenvalue weighted by Gasteiger charge is -2.22. The van der Waals surface area contributed by atoms with E-state index in [1.165, 1.54) is 24.5 Å². The third-order valence-corrected chi connectivity index (χ3v) is 6.01. The maximum Gasteiger partial charge on any atom is 0.240 e. The largest absolute Gasteiger partial charge is 0.497 e. The average Bonchev–Trinajstić information content (AvgIpc) is 3.00. The van der Waals surface area contributed by atoms with Crippen LogP contribution in [-0.2, 0) is 15.6 Å². The number of ether oxygens (including phenoxy) is 1. The molecule has 0 saturated heterocycles. The minimum Gasteiger partial charge on any atom is -0.497 e. The molecule has 0 amide bonds. The van der Waals surface area contributed by atoms with Gasteiger partial charge in [0, 0.05) is 11.4 Å². The van der Waals surface area contributed by atoms with Crippen LogP contribution in [0.4, 0.5) is 0 Å². The van der Waals surface area contributed by atoms with Crippen LogP contribution in [0.2, 0.25) is 0 Å². The van der Waals surface area contributed by atoms with Crippen molar-refractivity contribution in [3.63, 3.8) is 0 Å². The monoisotopic (exact) mass is 341 g/mol. The molecule has 22 heavy (non-hydrogen) atoms. The van der Waals surface area contributed by atoms with Gasteiger partial charge in [0.05, 0.1) is 12.0 Å². The van der Waals surface area contributed by atoms with Crippen LogP contribution in [0.5, 0.6) is 5.75 Å². The first-order valence-electron chi connectivity index (χ1n) is 6.67. The average molecular weight is 341 g/mol. The number of benzene rings is 1. The zero-order valence-corrected chi connectivity index (χ0v) is 14.3. The second kappa shape index (κ2) is 6.37. The SMILES string of the molecule is COc1ccc(S(=O)(=O)NC[C@@](C)(O)c2cccs2)c(C)c1. The van der Waals surface area contributed by atoms with Crippen LogP contribution >= 0.6 is 11.3 Å². The first-order valence-corrected chi connectivity index (χ1v) is 9.03. The zero-order chi connectivity index (χ0) is 16.4. The van der Waals surface area contributed by atoms with Gasteiger partial charge in [0.2, 0.25) is 10.0 Å². The third-order valence-electron chi connectivity index (χ3n) is 3.33. The van der Waals surface area contributed by atoms with E-state index in [9.17, 15) is 13.5 Å². The lowest BCUT2D eigenvalue weighted by molar-refractivity contribution is 0.0666. The van der Waals surface area contributed by atoms with Crippen molar-refractivity contribution in [2.24, 2.45) is 0 Å². The predicted molar refractivity (Wildman–Crippen MR) is 86.8 cm³/mol. The Hall–Kier alpha value is -1.41. The van der Waals surface area contributed by atoms with Gasteiger partial charge < -0.3 is 9.84 Å². The summed E-state index contributed by atoms with van der Waals surface area (Å²) in [6.07, 6.45) is 0. The van der Waals surface area contributed by atoms with Gasteiger partial charge in [0.25, 0.3) is 0 Å². The summed E-state index contributed by atoms with van der Waals surface area (Å²) in [7, 11) is -2.17. The minimum atomic E-state index is -3.70. The van der Waals surface area contributed by atoms with E-state index in [1.807, 2.05) is 11.4 Å². The highest BCUT2D eigenvalue weighted by atomic mass is 32.2. The molecule has 2 aromatic rings. The highest BCUT2D eigenvalue weighted by Crippen LogP contribution is 2.26. The molecule has 7 heteroatoms. The van der Waals surface area contributed by atoms with Gasteiger partial charge in [-0.3, -0.25) is 0 Å². The van der Waals surface area contributed by atoms with Gasteiger partial charge in [0.15, 0.2) is 0 Å². The Morgan fingerprint density at radius 1 is 1.36 bits per heavy atom. The van der Waals surface area contributed by atoms with Gasteiger partial charge in [-0.25, -0.2) is 13.1 Å². The smallest absolute Gasteiger partial charge is 0.240 e. The van der Waals surface area contributed by atoms with Crippen LogP contribution in [0.1, 0.15) is 17.4 Å². The van der Waals surface area contributed by atoms with Crippen molar-refractivity contribution >= 4 is 21.4 Å². The van der Waals surface area contributed by atoms with E-state index >= 15 is 0 Å². The number of hydrogen-bond donors (Lipinski definition) is 2. The second-order valence-electron chi connectivity index (χ2n) is 5.21. The van der Waals surface area contributed by atoms with E-state index in [-0.39, 0.29) is 11.4 Å². The summed E-state index contributed by atoms with van der Waals surface area (Å²) in [5, 5.41) is 12.2. The van der Waals surface area contributed by atoms with Crippen molar-refractivity contribution in [2.45, 2.75) is 24.3 Å². The molecule has 0 radical (unpaired) electrons. The Kier molecular flexibility index (Phi) is 4.91. The van der Waals surface area contributed by atoms with E-state index in [1.54, 1.807) is 32.0 Å². The number of aryl methyl sites for hydroxylation is 1. The molecule has 0 aliphatic rings. The molecule has 1 atom stereocenters. The van der Waals surface area contributed by atoms with Crippen LogP contribution in [0.3, 0.4) is 0 Å². The molecule has 0 bridgehead atoms. The Bertz CT molecular complexity index is 737. The fraction of sp³-hybridized carbons (Fsp3) is 0.333. The fourth-order valence-corrected chi connectivity index (χ4v) is 4.18. The first kappa shape index (κ1) is 17.0. The number of nitrogens with one attached hydrogen (secondary N) is 1. The van der Waals surface area contributed by atoms with Gasteiger partial charge in [-0.05, 0) is 49.1 Å². The summed E-state index contributed by atoms with van der Waals surface area (Å²) in [6.45, 7) is 3.19. The number of aliphatic hydroxyl groups is 1. The molecule has 0 spiro atoms. The number of rotatable bonds is 6. The molecule has 5 nitrogen and oxygen atoms in total. The van der Waals surface area contributed by atoms with Gasteiger partial charge in [0.1, 0.15) is 11.4 Å². The van der Waals surface area contributed by atoms with Gasteiger partial charge in [-0.2, -0.15) is 0 Å². The van der Waals surface area contributed by atoms with Crippen LogP contribution in [0.25, 0.3) is 0 Å². The molecular formula is C15H19NO4S2. The van der Waals surface area contributed by atoms with E-state index < -0.39 is 15.6 Å². The van der Waals surface area contributed by atoms with Gasteiger partial charge >= 0.3 is 0 Å². The van der Waals surface area contributed by atoms with Crippen LogP contribution in [0, 0.1) is 6.92 Å². The van der Waals surface area contributed by atoms with Crippen LogP contribution in [-0.4, -0.2) is 27.2 Å². The maximum absolute atomic E-state index is 12.4. The predicted octanol–water partition coefficient (Wildman–Crippen LogP) is 2.25. The summed E-state index contributed by atoms with van der Waals surface area (Å²) >= 11 is 1.38. The van der Waals surface area contributed by atoms with Crippen molar-refractivity contribution in [1.29, 1.82) is 0 Å². The van der Waals surface area contributed by atoms with Crippen LogP contribution in [0.15, 0.2) is 40.6 Å². The molecule has 2 rings (SSSR count). The Labute approximate surface area is 134 Å². The normalized spacial score (nSPS) is 14.5. The molecule has 2 N–H and O–H groups in total. The van der Waals surface area contributed by atoms with Crippen LogP contribution < -0.4 is 9.46 Å². The maximum atomic E-state index is 12.4. The molecule has 1 aromatic heterocycles. The Morgan fingerprint density at radius 2 is 2.09 bits per heavy atom. The number of methoxy groups -OCH3 is 1. The lowest BCUT2D eigenvalue weighted by atomic mass is 10.1. The molecule has 0 fully saturated rings. The zero-order valence-electron chi connectivity index (χ0n) is 12.7. The highest BCUT2D eigenvalue weighted by Gasteiger charge is 2.27. The molecule has 0 aliphatic heterocycles. The lowest BCUT2D eigenvalue weighted by Crippen LogP contribution is -2.38.